The van der Waals surface area contributed by atoms with Crippen molar-refractivity contribution in [3.05, 3.63) is 66.0 Å². The van der Waals surface area contributed by atoms with Gasteiger partial charge in [0.25, 0.3) is 5.91 Å². The predicted molar refractivity (Wildman–Crippen MR) is 101 cm³/mol. The van der Waals surface area contributed by atoms with E-state index in [0.29, 0.717) is 11.6 Å². The number of carbonyl (C=O) groups excluding carboxylic acids is 1. The second-order valence-electron chi connectivity index (χ2n) is 7.52. The summed E-state index contributed by atoms with van der Waals surface area (Å²) in [6.45, 7) is 2.36. The summed E-state index contributed by atoms with van der Waals surface area (Å²) in [4.78, 5) is 19.0. The van der Waals surface area contributed by atoms with Gasteiger partial charge in [0.2, 0.25) is 0 Å². The summed E-state index contributed by atoms with van der Waals surface area (Å²) < 4.78 is 6.27. The first-order chi connectivity index (χ1) is 12.8. The van der Waals surface area contributed by atoms with Crippen molar-refractivity contribution in [1.82, 2.24) is 9.88 Å². The molecule has 0 N–H and O–H groups in total. The first-order valence-electron chi connectivity index (χ1n) is 9.65. The van der Waals surface area contributed by atoms with Crippen LogP contribution >= 0.6 is 0 Å². The first-order valence-corrected chi connectivity index (χ1v) is 9.65. The van der Waals surface area contributed by atoms with E-state index in [0.717, 1.165) is 38.5 Å². The zero-order valence-electron chi connectivity index (χ0n) is 15.1. The van der Waals surface area contributed by atoms with Gasteiger partial charge >= 0.3 is 0 Å². The number of aromatic nitrogens is 1. The highest BCUT2D eigenvalue weighted by Crippen LogP contribution is 2.32. The summed E-state index contributed by atoms with van der Waals surface area (Å²) in [5, 5.41) is 0. The maximum Gasteiger partial charge on any atom is 0.272 e. The average molecular weight is 350 g/mol. The van der Waals surface area contributed by atoms with E-state index in [4.69, 9.17) is 4.74 Å². The SMILES string of the molecule is O=C(c1ccccn1)N1CC[C@H](OCC2CC2)[C@@H](Cc2ccccc2)C1. The van der Waals surface area contributed by atoms with E-state index in [-0.39, 0.29) is 12.0 Å². The fourth-order valence-corrected chi connectivity index (χ4v) is 3.72. The van der Waals surface area contributed by atoms with E-state index >= 15 is 0 Å². The summed E-state index contributed by atoms with van der Waals surface area (Å²) in [5.41, 5.74) is 1.84. The lowest BCUT2D eigenvalue weighted by atomic mass is 9.88. The van der Waals surface area contributed by atoms with Crippen molar-refractivity contribution < 1.29 is 9.53 Å². The Morgan fingerprint density at radius 1 is 1.08 bits per heavy atom. The predicted octanol–water partition coefficient (Wildman–Crippen LogP) is 3.58. The lowest BCUT2D eigenvalue weighted by Gasteiger charge is -2.38. The number of hydrogen-bond acceptors (Lipinski definition) is 3. The summed E-state index contributed by atoms with van der Waals surface area (Å²) >= 11 is 0. The van der Waals surface area contributed by atoms with Crippen LogP contribution in [0, 0.1) is 11.8 Å². The highest BCUT2D eigenvalue weighted by Gasteiger charge is 2.34. The van der Waals surface area contributed by atoms with E-state index in [1.54, 1.807) is 12.3 Å². The van der Waals surface area contributed by atoms with Gasteiger partial charge in [-0.15, -0.1) is 0 Å². The Bertz CT molecular complexity index is 715. The van der Waals surface area contributed by atoms with Crippen LogP contribution in [0.4, 0.5) is 0 Å². The third kappa shape index (κ3) is 4.31. The minimum atomic E-state index is 0.0318. The Balaban J connectivity index is 1.45. The van der Waals surface area contributed by atoms with Crippen molar-refractivity contribution in [2.45, 2.75) is 31.8 Å². The van der Waals surface area contributed by atoms with Crippen LogP contribution in [0.15, 0.2) is 54.7 Å². The second-order valence-corrected chi connectivity index (χ2v) is 7.52. The second kappa shape index (κ2) is 8.00. The van der Waals surface area contributed by atoms with E-state index in [1.807, 2.05) is 23.1 Å². The molecule has 2 fully saturated rings. The highest BCUT2D eigenvalue weighted by atomic mass is 16.5. The van der Waals surface area contributed by atoms with Gasteiger partial charge < -0.3 is 9.64 Å². The van der Waals surface area contributed by atoms with Crippen LogP contribution in [0.3, 0.4) is 0 Å². The molecule has 0 unspecified atom stereocenters. The zero-order valence-corrected chi connectivity index (χ0v) is 15.1. The maximum absolute atomic E-state index is 12.8. The molecule has 2 aliphatic rings. The van der Waals surface area contributed by atoms with Crippen LogP contribution in [0.2, 0.25) is 0 Å². The maximum atomic E-state index is 12.8. The number of pyridine rings is 1. The summed E-state index contributed by atoms with van der Waals surface area (Å²) in [6.07, 6.45) is 6.38. The van der Waals surface area contributed by atoms with E-state index in [1.165, 1.54) is 18.4 Å². The molecule has 1 saturated carbocycles. The molecule has 2 atom stereocenters. The number of hydrogen-bond donors (Lipinski definition) is 0. The van der Waals surface area contributed by atoms with Crippen molar-refractivity contribution in [2.75, 3.05) is 19.7 Å². The number of ether oxygens (including phenoxy) is 1. The van der Waals surface area contributed by atoms with Gasteiger partial charge in [-0.3, -0.25) is 9.78 Å². The molecule has 1 aromatic carbocycles. The molecule has 2 aromatic rings. The third-order valence-electron chi connectivity index (χ3n) is 5.42. The van der Waals surface area contributed by atoms with Gasteiger partial charge in [0.05, 0.1) is 6.10 Å². The average Bonchev–Trinajstić information content (AvgIpc) is 3.52. The number of rotatable bonds is 6. The quantitative estimate of drug-likeness (QED) is 0.800. The van der Waals surface area contributed by atoms with Gasteiger partial charge in [0.1, 0.15) is 5.69 Å². The highest BCUT2D eigenvalue weighted by molar-refractivity contribution is 5.92. The van der Waals surface area contributed by atoms with Crippen molar-refractivity contribution in [1.29, 1.82) is 0 Å². The standard InChI is InChI=1S/C22H26N2O2/c25-22(20-8-4-5-12-23-20)24-13-11-21(26-16-18-9-10-18)19(15-24)14-17-6-2-1-3-7-17/h1-8,12,18-19,21H,9-11,13-16H2/t19-,21-/m0/s1. The Morgan fingerprint density at radius 2 is 1.88 bits per heavy atom. The molecule has 1 aromatic heterocycles. The van der Waals surface area contributed by atoms with Crippen LogP contribution < -0.4 is 0 Å². The van der Waals surface area contributed by atoms with Crippen LogP contribution in [-0.4, -0.2) is 41.6 Å². The Labute approximate surface area is 155 Å². The van der Waals surface area contributed by atoms with E-state index in [9.17, 15) is 4.79 Å². The molecular formula is C22H26N2O2. The minimum absolute atomic E-state index is 0.0318. The van der Waals surface area contributed by atoms with Gasteiger partial charge in [0.15, 0.2) is 0 Å². The normalized spacial score (nSPS) is 23.0. The molecule has 26 heavy (non-hydrogen) atoms. The summed E-state index contributed by atoms with van der Waals surface area (Å²) in [6, 6.07) is 16.0. The molecule has 136 valence electrons. The van der Waals surface area contributed by atoms with E-state index in [2.05, 4.69) is 29.2 Å². The van der Waals surface area contributed by atoms with Crippen molar-refractivity contribution in [3.63, 3.8) is 0 Å². The van der Waals surface area contributed by atoms with Crippen LogP contribution in [0.25, 0.3) is 0 Å². The van der Waals surface area contributed by atoms with Gasteiger partial charge in [-0.1, -0.05) is 36.4 Å². The smallest absolute Gasteiger partial charge is 0.272 e. The number of carbonyl (C=O) groups is 1. The Kier molecular flexibility index (Phi) is 5.30. The van der Waals surface area contributed by atoms with Gasteiger partial charge in [0, 0.05) is 31.8 Å². The molecular weight excluding hydrogens is 324 g/mol. The number of piperidine rings is 1. The summed E-state index contributed by atoms with van der Waals surface area (Å²) in [5.74, 6) is 1.13. The monoisotopic (exact) mass is 350 g/mol. The molecule has 1 aliphatic heterocycles. The number of likely N-dealkylation sites (tertiary alicyclic amines) is 1. The molecule has 1 saturated heterocycles. The van der Waals surface area contributed by atoms with Crippen LogP contribution in [0.5, 0.6) is 0 Å². The molecule has 0 bridgehead atoms. The Hall–Kier alpha value is -2.20. The third-order valence-corrected chi connectivity index (χ3v) is 5.42. The molecule has 0 radical (unpaired) electrons. The van der Waals surface area contributed by atoms with Crippen molar-refractivity contribution in [3.8, 4) is 0 Å². The Morgan fingerprint density at radius 3 is 2.62 bits per heavy atom. The fraction of sp³-hybridized carbons (Fsp3) is 0.455. The lowest BCUT2D eigenvalue weighted by molar-refractivity contribution is -0.0327. The lowest BCUT2D eigenvalue weighted by Crippen LogP contribution is -2.48. The molecule has 4 nitrogen and oxygen atoms in total. The molecule has 4 rings (SSSR count). The van der Waals surface area contributed by atoms with Crippen LogP contribution in [-0.2, 0) is 11.2 Å². The van der Waals surface area contributed by atoms with Crippen molar-refractivity contribution >= 4 is 5.91 Å². The number of amides is 1. The van der Waals surface area contributed by atoms with Gasteiger partial charge in [-0.25, -0.2) is 0 Å². The van der Waals surface area contributed by atoms with Crippen LogP contribution in [0.1, 0.15) is 35.3 Å². The summed E-state index contributed by atoms with van der Waals surface area (Å²) in [7, 11) is 0. The first kappa shape index (κ1) is 17.2. The molecule has 4 heteroatoms. The van der Waals surface area contributed by atoms with E-state index < -0.39 is 0 Å². The zero-order chi connectivity index (χ0) is 17.8. The molecule has 2 heterocycles. The topological polar surface area (TPSA) is 42.4 Å². The van der Waals surface area contributed by atoms with Crippen molar-refractivity contribution in [2.24, 2.45) is 11.8 Å². The minimum Gasteiger partial charge on any atom is -0.377 e. The molecule has 0 spiro atoms. The molecule has 1 aliphatic carbocycles. The molecule has 1 amide bonds. The number of nitrogens with zero attached hydrogens (tertiary/aromatic N) is 2. The largest absolute Gasteiger partial charge is 0.377 e. The van der Waals surface area contributed by atoms with Gasteiger partial charge in [-0.05, 0) is 49.3 Å². The fourth-order valence-electron chi connectivity index (χ4n) is 3.72. The number of benzene rings is 1. The van der Waals surface area contributed by atoms with Gasteiger partial charge in [-0.2, -0.15) is 0 Å².